The summed E-state index contributed by atoms with van der Waals surface area (Å²) in [6, 6.07) is 1.77. The van der Waals surface area contributed by atoms with Gasteiger partial charge >= 0.3 is 0 Å². The molecule has 0 spiro atoms. The van der Waals surface area contributed by atoms with E-state index in [0.717, 1.165) is 9.35 Å². The summed E-state index contributed by atoms with van der Waals surface area (Å²) in [5, 5.41) is 20.5. The molecule has 0 aliphatic heterocycles. The van der Waals surface area contributed by atoms with E-state index < -0.39 is 12.2 Å². The van der Waals surface area contributed by atoms with Crippen molar-refractivity contribution in [3.05, 3.63) is 20.8 Å². The Morgan fingerprint density at radius 3 is 2.67 bits per heavy atom. The summed E-state index contributed by atoms with van der Waals surface area (Å²) in [7, 11) is 0. The molecule has 1 heterocycles. The van der Waals surface area contributed by atoms with Gasteiger partial charge in [0.05, 0.1) is 12.0 Å². The van der Waals surface area contributed by atoms with Gasteiger partial charge in [-0.25, -0.2) is 0 Å². The highest BCUT2D eigenvalue weighted by Crippen LogP contribution is 2.27. The second-order valence-corrected chi connectivity index (χ2v) is 4.50. The van der Waals surface area contributed by atoms with Crippen molar-refractivity contribution < 1.29 is 10.2 Å². The van der Waals surface area contributed by atoms with Crippen LogP contribution in [-0.2, 0) is 0 Å². The Labute approximate surface area is 87.9 Å². The Hall–Kier alpha value is 0.390. The molecule has 1 aromatic heterocycles. The lowest BCUT2D eigenvalue weighted by Crippen LogP contribution is -2.18. The van der Waals surface area contributed by atoms with Crippen molar-refractivity contribution in [2.45, 2.75) is 12.2 Å². The molecule has 1 rings (SSSR count). The smallest absolute Gasteiger partial charge is 0.115 e. The molecule has 2 unspecified atom stereocenters. The van der Waals surface area contributed by atoms with E-state index in [-0.39, 0.29) is 5.88 Å². The van der Waals surface area contributed by atoms with Crippen molar-refractivity contribution in [3.63, 3.8) is 0 Å². The van der Waals surface area contributed by atoms with E-state index in [0.29, 0.717) is 0 Å². The highest BCUT2D eigenvalue weighted by atomic mass is 79.9. The summed E-state index contributed by atoms with van der Waals surface area (Å²) in [6.07, 6.45) is -1.77. The molecule has 2 nitrogen and oxygen atoms in total. The van der Waals surface area contributed by atoms with Gasteiger partial charge in [0.25, 0.3) is 0 Å². The predicted octanol–water partition coefficient (Wildman–Crippen LogP) is 2.14. The maximum absolute atomic E-state index is 9.46. The number of aliphatic hydroxyl groups excluding tert-OH is 2. The van der Waals surface area contributed by atoms with Crippen molar-refractivity contribution in [2.24, 2.45) is 0 Å². The number of aliphatic hydroxyl groups is 2. The van der Waals surface area contributed by atoms with Gasteiger partial charge in [-0.3, -0.25) is 0 Å². The maximum Gasteiger partial charge on any atom is 0.115 e. The number of alkyl halides is 1. The molecule has 2 N–H and O–H groups in total. The Morgan fingerprint density at radius 1 is 1.58 bits per heavy atom. The number of hydrogen-bond donors (Lipinski definition) is 2. The average Bonchev–Trinajstić information content (AvgIpc) is 2.49. The zero-order valence-electron chi connectivity index (χ0n) is 6.08. The van der Waals surface area contributed by atoms with Gasteiger partial charge in [-0.2, -0.15) is 0 Å². The van der Waals surface area contributed by atoms with Gasteiger partial charge in [0.15, 0.2) is 0 Å². The van der Waals surface area contributed by atoms with Gasteiger partial charge in [-0.15, -0.1) is 22.9 Å². The Kier molecular flexibility index (Phi) is 3.99. The minimum absolute atomic E-state index is 0.0384. The largest absolute Gasteiger partial charge is 0.389 e. The van der Waals surface area contributed by atoms with Crippen LogP contribution in [0.2, 0.25) is 0 Å². The molecule has 0 aromatic carbocycles. The van der Waals surface area contributed by atoms with Crippen molar-refractivity contribution in [1.29, 1.82) is 0 Å². The standard InChI is InChI=1S/C7H8BrClO2S/c8-4-1-6(12-3-4)7(11)5(10)2-9/h1,3,5,7,10-11H,2H2. The summed E-state index contributed by atoms with van der Waals surface area (Å²) in [4.78, 5) is 0.718. The third-order valence-corrected chi connectivity index (χ3v) is 3.48. The first-order valence-corrected chi connectivity index (χ1v) is 5.52. The third-order valence-electron chi connectivity index (χ3n) is 1.40. The molecule has 2 atom stereocenters. The van der Waals surface area contributed by atoms with Gasteiger partial charge in [0.2, 0.25) is 0 Å². The van der Waals surface area contributed by atoms with Gasteiger partial charge in [-0.1, -0.05) is 0 Å². The van der Waals surface area contributed by atoms with Crippen LogP contribution in [0.25, 0.3) is 0 Å². The first kappa shape index (κ1) is 10.5. The van der Waals surface area contributed by atoms with E-state index in [2.05, 4.69) is 15.9 Å². The molecule has 0 aliphatic rings. The summed E-state index contributed by atoms with van der Waals surface area (Å²) >= 11 is 10.0. The van der Waals surface area contributed by atoms with Crippen molar-refractivity contribution in [2.75, 3.05) is 5.88 Å². The Bertz CT molecular complexity index is 253. The highest BCUT2D eigenvalue weighted by molar-refractivity contribution is 9.10. The fourth-order valence-corrected chi connectivity index (χ4v) is 2.41. The SMILES string of the molecule is OC(CCl)C(O)c1cc(Br)cs1. The normalized spacial score (nSPS) is 16.0. The molecule has 1 aromatic rings. The van der Waals surface area contributed by atoms with E-state index in [4.69, 9.17) is 11.6 Å². The van der Waals surface area contributed by atoms with Gasteiger partial charge < -0.3 is 10.2 Å². The van der Waals surface area contributed by atoms with Crippen LogP contribution in [0.1, 0.15) is 11.0 Å². The lowest BCUT2D eigenvalue weighted by molar-refractivity contribution is 0.0350. The molecule has 0 aliphatic carbocycles. The van der Waals surface area contributed by atoms with Crippen molar-refractivity contribution >= 4 is 38.9 Å². The molecule has 0 bridgehead atoms. The lowest BCUT2D eigenvalue weighted by Gasteiger charge is -2.12. The van der Waals surface area contributed by atoms with E-state index in [1.165, 1.54) is 11.3 Å². The second kappa shape index (κ2) is 4.58. The van der Waals surface area contributed by atoms with Gasteiger partial charge in [-0.05, 0) is 22.0 Å². The summed E-state index contributed by atoms with van der Waals surface area (Å²) in [5.74, 6) is 0.0384. The molecular weight excluding hydrogens is 263 g/mol. The minimum Gasteiger partial charge on any atom is -0.389 e. The average molecular weight is 272 g/mol. The molecule has 0 fully saturated rings. The number of rotatable bonds is 3. The molecule has 0 amide bonds. The molecule has 5 heteroatoms. The molecule has 0 radical (unpaired) electrons. The first-order valence-electron chi connectivity index (χ1n) is 3.31. The number of hydrogen-bond acceptors (Lipinski definition) is 3. The summed E-state index contributed by atoms with van der Waals surface area (Å²) in [6.45, 7) is 0. The summed E-state index contributed by atoms with van der Waals surface area (Å²) in [5.41, 5.74) is 0. The predicted molar refractivity (Wildman–Crippen MR) is 53.7 cm³/mol. The minimum atomic E-state index is -0.891. The highest BCUT2D eigenvalue weighted by Gasteiger charge is 2.18. The van der Waals surface area contributed by atoms with Crippen molar-refractivity contribution in [3.8, 4) is 0 Å². The van der Waals surface area contributed by atoms with Crippen LogP contribution in [0.5, 0.6) is 0 Å². The molecule has 0 saturated carbocycles. The van der Waals surface area contributed by atoms with E-state index >= 15 is 0 Å². The number of halogens is 2. The van der Waals surface area contributed by atoms with Crippen LogP contribution in [0.15, 0.2) is 15.9 Å². The van der Waals surface area contributed by atoms with Crippen LogP contribution in [0.4, 0.5) is 0 Å². The lowest BCUT2D eigenvalue weighted by atomic mass is 10.2. The summed E-state index contributed by atoms with van der Waals surface area (Å²) < 4.78 is 0.906. The van der Waals surface area contributed by atoms with E-state index in [9.17, 15) is 10.2 Å². The van der Waals surface area contributed by atoms with Gasteiger partial charge in [0, 0.05) is 14.7 Å². The van der Waals surface area contributed by atoms with E-state index in [1.807, 2.05) is 5.38 Å². The zero-order valence-corrected chi connectivity index (χ0v) is 9.23. The zero-order chi connectivity index (χ0) is 9.14. The van der Waals surface area contributed by atoms with Crippen LogP contribution >= 0.6 is 38.9 Å². The van der Waals surface area contributed by atoms with Crippen LogP contribution in [-0.4, -0.2) is 22.2 Å². The third kappa shape index (κ3) is 2.44. The molecule has 68 valence electrons. The Morgan fingerprint density at radius 2 is 2.25 bits per heavy atom. The fraction of sp³-hybridized carbons (Fsp3) is 0.429. The number of thiophene rings is 1. The molecular formula is C7H8BrClO2S. The topological polar surface area (TPSA) is 40.5 Å². The van der Waals surface area contributed by atoms with Crippen LogP contribution < -0.4 is 0 Å². The van der Waals surface area contributed by atoms with Crippen molar-refractivity contribution in [1.82, 2.24) is 0 Å². The second-order valence-electron chi connectivity index (χ2n) is 2.33. The van der Waals surface area contributed by atoms with E-state index in [1.54, 1.807) is 6.07 Å². The first-order chi connectivity index (χ1) is 5.65. The van der Waals surface area contributed by atoms with Gasteiger partial charge in [0.1, 0.15) is 6.10 Å². The maximum atomic E-state index is 9.46. The molecule has 0 saturated heterocycles. The fourth-order valence-electron chi connectivity index (χ4n) is 0.757. The van der Waals surface area contributed by atoms with Crippen LogP contribution in [0.3, 0.4) is 0 Å². The quantitative estimate of drug-likeness (QED) is 0.827. The monoisotopic (exact) mass is 270 g/mol. The van der Waals surface area contributed by atoms with Crippen LogP contribution in [0, 0.1) is 0 Å². The molecule has 12 heavy (non-hydrogen) atoms. The Balaban J connectivity index is 2.70.